The number of carbonyl (C=O) groups excluding carboxylic acids is 4. The van der Waals surface area contributed by atoms with Gasteiger partial charge in [0.1, 0.15) is 5.00 Å². The highest BCUT2D eigenvalue weighted by Crippen LogP contribution is 2.35. The average molecular weight is 390 g/mol. The molecule has 1 N–H and O–H groups in total. The van der Waals surface area contributed by atoms with Gasteiger partial charge >= 0.3 is 5.97 Å². The molecule has 1 aliphatic heterocycles. The first-order valence-electron chi connectivity index (χ1n) is 8.83. The number of methoxy groups -OCH3 is 1. The van der Waals surface area contributed by atoms with Gasteiger partial charge in [0.15, 0.2) is 0 Å². The van der Waals surface area contributed by atoms with Crippen molar-refractivity contribution in [3.63, 3.8) is 0 Å². The summed E-state index contributed by atoms with van der Waals surface area (Å²) in [7, 11) is 1.29. The summed E-state index contributed by atoms with van der Waals surface area (Å²) in [4.78, 5) is 51.3. The lowest BCUT2D eigenvalue weighted by atomic mass is 9.85. The second-order valence-electron chi connectivity index (χ2n) is 6.76. The fourth-order valence-corrected chi connectivity index (χ4v) is 4.62. The number of hydrogen-bond acceptors (Lipinski definition) is 6. The molecular weight excluding hydrogens is 368 g/mol. The third-order valence-corrected chi connectivity index (χ3v) is 6.31. The summed E-state index contributed by atoms with van der Waals surface area (Å²) < 4.78 is 4.79. The van der Waals surface area contributed by atoms with Crippen LogP contribution in [0.15, 0.2) is 12.2 Å². The van der Waals surface area contributed by atoms with Crippen molar-refractivity contribution in [1.82, 2.24) is 4.90 Å². The molecule has 0 spiro atoms. The van der Waals surface area contributed by atoms with Gasteiger partial charge in [0.25, 0.3) is 0 Å². The number of anilines is 1. The molecule has 8 heteroatoms. The lowest BCUT2D eigenvalue weighted by Crippen LogP contribution is -2.34. The minimum atomic E-state index is -0.506. The van der Waals surface area contributed by atoms with Gasteiger partial charge in [0.05, 0.1) is 24.5 Å². The Morgan fingerprint density at radius 2 is 1.78 bits per heavy atom. The number of fused-ring (bicyclic) bond motifs is 1. The highest BCUT2D eigenvalue weighted by Gasteiger charge is 2.46. The van der Waals surface area contributed by atoms with Gasteiger partial charge in [-0.1, -0.05) is 12.2 Å². The molecule has 2 unspecified atom stereocenters. The van der Waals surface area contributed by atoms with Crippen LogP contribution in [0.5, 0.6) is 0 Å². The van der Waals surface area contributed by atoms with E-state index >= 15 is 0 Å². The van der Waals surface area contributed by atoms with Crippen LogP contribution >= 0.6 is 11.3 Å². The van der Waals surface area contributed by atoms with Crippen molar-refractivity contribution in [2.45, 2.75) is 33.1 Å². The van der Waals surface area contributed by atoms with E-state index in [1.165, 1.54) is 23.3 Å². The minimum absolute atomic E-state index is 0.0129. The number of nitrogens with zero attached hydrogens (tertiary/aromatic N) is 1. The smallest absolute Gasteiger partial charge is 0.341 e. The molecule has 27 heavy (non-hydrogen) atoms. The Bertz CT molecular complexity index is 815. The third-order valence-electron chi connectivity index (χ3n) is 5.19. The third kappa shape index (κ3) is 3.53. The topological polar surface area (TPSA) is 92.8 Å². The first-order valence-corrected chi connectivity index (χ1v) is 9.65. The van der Waals surface area contributed by atoms with Gasteiger partial charge in [0, 0.05) is 17.8 Å². The lowest BCUT2D eigenvalue weighted by molar-refractivity contribution is -0.140. The molecule has 1 fully saturated rings. The first-order chi connectivity index (χ1) is 12.8. The van der Waals surface area contributed by atoms with E-state index in [4.69, 9.17) is 4.74 Å². The van der Waals surface area contributed by atoms with E-state index in [1.807, 2.05) is 19.1 Å². The molecule has 3 amide bonds. The molecule has 2 heterocycles. The number of aryl methyl sites for hydroxylation is 1. The predicted octanol–water partition coefficient (Wildman–Crippen LogP) is 2.43. The number of imide groups is 1. The second kappa shape index (κ2) is 7.64. The van der Waals surface area contributed by atoms with E-state index in [0.717, 1.165) is 10.4 Å². The standard InChI is InChI=1S/C19H22N2O5S/c1-10-11(2)27-16(15(10)19(25)26-3)20-14(22)8-9-21-17(23)12-6-4-5-7-13(12)18(21)24/h4-5,12-13H,6-9H2,1-3H3,(H,20,22). The van der Waals surface area contributed by atoms with Gasteiger partial charge in [-0.15, -0.1) is 11.3 Å². The van der Waals surface area contributed by atoms with Crippen LogP contribution in [0.4, 0.5) is 5.00 Å². The SMILES string of the molecule is COC(=O)c1c(NC(=O)CCN2C(=O)C3CC=CCC3C2=O)sc(C)c1C. The van der Waals surface area contributed by atoms with Crippen LogP contribution in [0.25, 0.3) is 0 Å². The number of nitrogens with one attached hydrogen (secondary N) is 1. The molecule has 2 atom stereocenters. The molecular formula is C19H22N2O5S. The summed E-state index contributed by atoms with van der Waals surface area (Å²) in [5, 5.41) is 3.15. The number of likely N-dealkylation sites (tertiary alicyclic amines) is 1. The zero-order valence-corrected chi connectivity index (χ0v) is 16.4. The molecule has 7 nitrogen and oxygen atoms in total. The van der Waals surface area contributed by atoms with E-state index in [0.29, 0.717) is 23.4 Å². The van der Waals surface area contributed by atoms with Crippen molar-refractivity contribution in [2.24, 2.45) is 11.8 Å². The molecule has 0 radical (unpaired) electrons. The highest BCUT2D eigenvalue weighted by molar-refractivity contribution is 7.16. The zero-order chi connectivity index (χ0) is 19.7. The van der Waals surface area contributed by atoms with Crippen LogP contribution in [0.1, 0.15) is 40.1 Å². The summed E-state index contributed by atoms with van der Waals surface area (Å²) in [6.07, 6.45) is 5.00. The van der Waals surface area contributed by atoms with Crippen LogP contribution in [0, 0.1) is 25.7 Å². The molecule has 3 rings (SSSR count). The normalized spacial score (nSPS) is 21.4. The number of thiophene rings is 1. The van der Waals surface area contributed by atoms with Gasteiger partial charge in [-0.3, -0.25) is 19.3 Å². The monoisotopic (exact) mass is 390 g/mol. The van der Waals surface area contributed by atoms with Crippen molar-refractivity contribution >= 4 is 40.0 Å². The number of hydrogen-bond donors (Lipinski definition) is 1. The van der Waals surface area contributed by atoms with E-state index in [-0.39, 0.29) is 42.5 Å². The maximum absolute atomic E-state index is 12.4. The van der Waals surface area contributed by atoms with Gasteiger partial charge < -0.3 is 10.1 Å². The Kier molecular flexibility index (Phi) is 5.46. The number of ether oxygens (including phenoxy) is 1. The summed E-state index contributed by atoms with van der Waals surface area (Å²) in [5.41, 5.74) is 1.11. The number of rotatable bonds is 5. The van der Waals surface area contributed by atoms with Gasteiger partial charge in [-0.05, 0) is 32.3 Å². The Labute approximate surface area is 161 Å². The predicted molar refractivity (Wildman–Crippen MR) is 100 cm³/mol. The Balaban J connectivity index is 1.64. The first kappa shape index (κ1) is 19.3. The van der Waals surface area contributed by atoms with Crippen LogP contribution in [0.2, 0.25) is 0 Å². The maximum atomic E-state index is 12.4. The second-order valence-corrected chi connectivity index (χ2v) is 7.99. The van der Waals surface area contributed by atoms with Gasteiger partial charge in [0.2, 0.25) is 17.7 Å². The summed E-state index contributed by atoms with van der Waals surface area (Å²) in [6.45, 7) is 3.71. The number of esters is 1. The molecule has 0 saturated carbocycles. The minimum Gasteiger partial charge on any atom is -0.465 e. The largest absolute Gasteiger partial charge is 0.465 e. The molecule has 0 aromatic carbocycles. The van der Waals surface area contributed by atoms with E-state index in [9.17, 15) is 19.2 Å². The Morgan fingerprint density at radius 3 is 2.33 bits per heavy atom. The molecule has 1 saturated heterocycles. The summed E-state index contributed by atoms with van der Waals surface area (Å²) in [5.74, 6) is -1.83. The van der Waals surface area contributed by atoms with Crippen molar-refractivity contribution < 1.29 is 23.9 Å². The Morgan fingerprint density at radius 1 is 1.19 bits per heavy atom. The number of carbonyl (C=O) groups is 4. The molecule has 2 aliphatic rings. The Hall–Kier alpha value is -2.48. The van der Waals surface area contributed by atoms with Crippen LogP contribution < -0.4 is 5.32 Å². The van der Waals surface area contributed by atoms with Crippen molar-refractivity contribution in [3.8, 4) is 0 Å². The quantitative estimate of drug-likeness (QED) is 0.474. The van der Waals surface area contributed by atoms with Crippen LogP contribution in [-0.4, -0.2) is 42.2 Å². The summed E-state index contributed by atoms with van der Waals surface area (Å²) in [6, 6.07) is 0. The van der Waals surface area contributed by atoms with Crippen molar-refractivity contribution in [2.75, 3.05) is 19.0 Å². The molecule has 1 aromatic heterocycles. The average Bonchev–Trinajstić information content (AvgIpc) is 3.07. The maximum Gasteiger partial charge on any atom is 0.341 e. The highest BCUT2D eigenvalue weighted by atomic mass is 32.1. The van der Waals surface area contributed by atoms with Crippen molar-refractivity contribution in [3.05, 3.63) is 28.2 Å². The van der Waals surface area contributed by atoms with Gasteiger partial charge in [-0.2, -0.15) is 0 Å². The fraction of sp³-hybridized carbons (Fsp3) is 0.474. The van der Waals surface area contributed by atoms with Crippen LogP contribution in [-0.2, 0) is 19.1 Å². The van der Waals surface area contributed by atoms with Crippen LogP contribution in [0.3, 0.4) is 0 Å². The molecule has 0 bridgehead atoms. The lowest BCUT2D eigenvalue weighted by Gasteiger charge is -2.14. The van der Waals surface area contributed by atoms with Crippen molar-refractivity contribution in [1.29, 1.82) is 0 Å². The number of allylic oxidation sites excluding steroid dienone is 2. The van der Waals surface area contributed by atoms with E-state index < -0.39 is 5.97 Å². The number of amides is 3. The van der Waals surface area contributed by atoms with E-state index in [1.54, 1.807) is 6.92 Å². The molecule has 144 valence electrons. The van der Waals surface area contributed by atoms with E-state index in [2.05, 4.69) is 5.32 Å². The van der Waals surface area contributed by atoms with Gasteiger partial charge in [-0.25, -0.2) is 4.79 Å². The molecule has 1 aliphatic carbocycles. The fourth-order valence-electron chi connectivity index (χ4n) is 3.55. The zero-order valence-electron chi connectivity index (χ0n) is 15.5. The summed E-state index contributed by atoms with van der Waals surface area (Å²) >= 11 is 1.30. The molecule has 1 aromatic rings.